The highest BCUT2D eigenvalue weighted by Gasteiger charge is 2.24. The standard InChI is InChI=1S/C18H17ClF2N6O/c1-9(2)18-23-16(26-28-18)13-7-14-17(25-24-13)22-5-6-27(14)8-10-11(20)3-4-12(21)15(10)19/h3-4,7,9H,5-6,8H2,1-2H3,(H,22,25). The maximum atomic E-state index is 14.2. The fourth-order valence-electron chi connectivity index (χ4n) is 2.93. The summed E-state index contributed by atoms with van der Waals surface area (Å²) in [5.41, 5.74) is 1.19. The van der Waals surface area contributed by atoms with Crippen LogP contribution in [0.1, 0.15) is 31.2 Å². The van der Waals surface area contributed by atoms with Gasteiger partial charge in [0.15, 0.2) is 5.82 Å². The van der Waals surface area contributed by atoms with E-state index in [1.54, 1.807) is 6.07 Å². The highest BCUT2D eigenvalue weighted by molar-refractivity contribution is 6.31. The summed E-state index contributed by atoms with van der Waals surface area (Å²) in [6.45, 7) is 5.10. The van der Waals surface area contributed by atoms with E-state index in [1.165, 1.54) is 0 Å². The molecule has 0 fully saturated rings. The Labute approximate surface area is 164 Å². The number of aromatic nitrogens is 4. The lowest BCUT2D eigenvalue weighted by Gasteiger charge is -2.31. The zero-order valence-electron chi connectivity index (χ0n) is 15.2. The van der Waals surface area contributed by atoms with Crippen molar-refractivity contribution in [1.82, 2.24) is 20.3 Å². The van der Waals surface area contributed by atoms with E-state index in [-0.39, 0.29) is 23.0 Å². The lowest BCUT2D eigenvalue weighted by atomic mass is 10.1. The number of hydrogen-bond acceptors (Lipinski definition) is 7. The van der Waals surface area contributed by atoms with Crippen molar-refractivity contribution in [3.05, 3.63) is 46.3 Å². The van der Waals surface area contributed by atoms with Crippen molar-refractivity contribution < 1.29 is 13.3 Å². The molecule has 0 atom stereocenters. The molecular weight excluding hydrogens is 390 g/mol. The number of anilines is 2. The zero-order valence-corrected chi connectivity index (χ0v) is 16.0. The Hall–Kier alpha value is -2.81. The molecule has 28 heavy (non-hydrogen) atoms. The van der Waals surface area contributed by atoms with Crippen LogP contribution in [0.25, 0.3) is 11.5 Å². The van der Waals surface area contributed by atoms with Gasteiger partial charge in [0.05, 0.1) is 10.7 Å². The molecule has 0 amide bonds. The van der Waals surface area contributed by atoms with Crippen molar-refractivity contribution in [2.24, 2.45) is 0 Å². The monoisotopic (exact) mass is 406 g/mol. The molecule has 0 saturated heterocycles. The summed E-state index contributed by atoms with van der Waals surface area (Å²) in [6, 6.07) is 3.83. The van der Waals surface area contributed by atoms with Crippen molar-refractivity contribution in [3.63, 3.8) is 0 Å². The average Bonchev–Trinajstić information content (AvgIpc) is 3.18. The summed E-state index contributed by atoms with van der Waals surface area (Å²) < 4.78 is 33.2. The molecule has 0 radical (unpaired) electrons. The Bertz CT molecular complexity index is 1030. The van der Waals surface area contributed by atoms with Crippen molar-refractivity contribution in [3.8, 4) is 11.5 Å². The van der Waals surface area contributed by atoms with E-state index in [9.17, 15) is 8.78 Å². The molecule has 3 heterocycles. The third-order valence-corrected chi connectivity index (χ3v) is 4.85. The number of fused-ring (bicyclic) bond motifs is 1. The Morgan fingerprint density at radius 1 is 1.25 bits per heavy atom. The van der Waals surface area contributed by atoms with Crippen LogP contribution in [-0.4, -0.2) is 33.4 Å². The maximum absolute atomic E-state index is 14.2. The molecule has 0 spiro atoms. The van der Waals surface area contributed by atoms with Gasteiger partial charge in [-0.1, -0.05) is 30.6 Å². The quantitative estimate of drug-likeness (QED) is 0.655. The van der Waals surface area contributed by atoms with Crippen LogP contribution < -0.4 is 10.2 Å². The van der Waals surface area contributed by atoms with Gasteiger partial charge in [0, 0.05) is 31.1 Å². The smallest absolute Gasteiger partial charge is 0.229 e. The Kier molecular flexibility index (Phi) is 4.84. The molecule has 1 aliphatic heterocycles. The maximum Gasteiger partial charge on any atom is 0.229 e. The van der Waals surface area contributed by atoms with Crippen LogP contribution in [0.4, 0.5) is 20.3 Å². The van der Waals surface area contributed by atoms with Gasteiger partial charge in [-0.3, -0.25) is 0 Å². The number of nitrogens with one attached hydrogen (secondary N) is 1. The van der Waals surface area contributed by atoms with Crippen molar-refractivity contribution in [2.45, 2.75) is 26.3 Å². The van der Waals surface area contributed by atoms with Crippen LogP contribution in [0.5, 0.6) is 0 Å². The predicted molar refractivity (Wildman–Crippen MR) is 100 cm³/mol. The first-order valence-corrected chi connectivity index (χ1v) is 9.14. The lowest BCUT2D eigenvalue weighted by Crippen LogP contribution is -2.34. The molecule has 10 heteroatoms. The molecule has 0 saturated carbocycles. The molecule has 0 bridgehead atoms. The second-order valence-electron chi connectivity index (χ2n) is 6.74. The first-order valence-electron chi connectivity index (χ1n) is 8.77. The summed E-state index contributed by atoms with van der Waals surface area (Å²) in [6.07, 6.45) is 0. The van der Waals surface area contributed by atoms with Gasteiger partial charge in [0.25, 0.3) is 0 Å². The van der Waals surface area contributed by atoms with E-state index in [2.05, 4.69) is 25.7 Å². The predicted octanol–water partition coefficient (Wildman–Crippen LogP) is 4.01. The molecule has 2 aromatic heterocycles. The van der Waals surface area contributed by atoms with Gasteiger partial charge < -0.3 is 14.7 Å². The van der Waals surface area contributed by atoms with Gasteiger partial charge in [-0.05, 0) is 18.2 Å². The van der Waals surface area contributed by atoms with Crippen LogP contribution >= 0.6 is 11.6 Å². The van der Waals surface area contributed by atoms with E-state index in [0.717, 1.165) is 12.1 Å². The normalized spacial score (nSPS) is 13.6. The van der Waals surface area contributed by atoms with Gasteiger partial charge in [0.1, 0.15) is 17.3 Å². The summed E-state index contributed by atoms with van der Waals surface area (Å²) in [7, 11) is 0. The fourth-order valence-corrected chi connectivity index (χ4v) is 3.14. The lowest BCUT2D eigenvalue weighted by molar-refractivity contribution is 0.365. The van der Waals surface area contributed by atoms with E-state index in [4.69, 9.17) is 16.1 Å². The minimum absolute atomic E-state index is 0.0862. The molecule has 4 rings (SSSR count). The van der Waals surface area contributed by atoms with Crippen molar-refractivity contribution in [1.29, 1.82) is 0 Å². The summed E-state index contributed by atoms with van der Waals surface area (Å²) in [5, 5.41) is 15.2. The topological polar surface area (TPSA) is 80.0 Å². The number of rotatable bonds is 4. The van der Waals surface area contributed by atoms with Gasteiger partial charge in [0.2, 0.25) is 11.7 Å². The van der Waals surface area contributed by atoms with Crippen LogP contribution in [0.2, 0.25) is 5.02 Å². The molecule has 146 valence electrons. The van der Waals surface area contributed by atoms with Crippen LogP contribution in [-0.2, 0) is 6.54 Å². The van der Waals surface area contributed by atoms with E-state index >= 15 is 0 Å². The molecule has 1 aliphatic rings. The van der Waals surface area contributed by atoms with Crippen molar-refractivity contribution in [2.75, 3.05) is 23.3 Å². The fraction of sp³-hybridized carbons (Fsp3) is 0.333. The van der Waals surface area contributed by atoms with Crippen LogP contribution in [0, 0.1) is 11.6 Å². The summed E-state index contributed by atoms with van der Waals surface area (Å²) in [4.78, 5) is 6.19. The van der Waals surface area contributed by atoms with Crippen molar-refractivity contribution >= 4 is 23.1 Å². The highest BCUT2D eigenvalue weighted by atomic mass is 35.5. The van der Waals surface area contributed by atoms with Gasteiger partial charge in [-0.15, -0.1) is 10.2 Å². The highest BCUT2D eigenvalue weighted by Crippen LogP contribution is 2.33. The first-order chi connectivity index (χ1) is 13.4. The third-order valence-electron chi connectivity index (χ3n) is 4.44. The molecule has 1 N–H and O–H groups in total. The molecule has 0 aliphatic carbocycles. The number of hydrogen-bond donors (Lipinski definition) is 1. The minimum atomic E-state index is -0.657. The van der Waals surface area contributed by atoms with Gasteiger partial charge in [-0.25, -0.2) is 8.78 Å². The SMILES string of the molecule is CC(C)c1nc(-c2cc3c(nn2)NCCN3Cc2c(F)ccc(F)c2Cl)no1. The Balaban J connectivity index is 1.69. The second-order valence-corrected chi connectivity index (χ2v) is 7.12. The Morgan fingerprint density at radius 2 is 2.04 bits per heavy atom. The third kappa shape index (κ3) is 3.37. The van der Waals surface area contributed by atoms with Gasteiger partial charge >= 0.3 is 0 Å². The second kappa shape index (κ2) is 7.31. The van der Waals surface area contributed by atoms with Crippen LogP contribution in [0.3, 0.4) is 0 Å². The van der Waals surface area contributed by atoms with E-state index in [1.807, 2.05) is 18.7 Å². The summed E-state index contributed by atoms with van der Waals surface area (Å²) >= 11 is 5.99. The molecular formula is C18H17ClF2N6O. The molecule has 0 unspecified atom stereocenters. The largest absolute Gasteiger partial charge is 0.365 e. The van der Waals surface area contributed by atoms with Crippen LogP contribution in [0.15, 0.2) is 22.7 Å². The summed E-state index contributed by atoms with van der Waals surface area (Å²) in [5.74, 6) is 0.222. The average molecular weight is 407 g/mol. The Morgan fingerprint density at radius 3 is 2.79 bits per heavy atom. The van der Waals surface area contributed by atoms with E-state index < -0.39 is 11.6 Å². The minimum Gasteiger partial charge on any atom is -0.365 e. The zero-order chi connectivity index (χ0) is 19.8. The molecule has 3 aromatic rings. The number of benzene rings is 1. The number of halogens is 3. The molecule has 7 nitrogen and oxygen atoms in total. The van der Waals surface area contributed by atoms with E-state index in [0.29, 0.717) is 42.0 Å². The first kappa shape index (κ1) is 18.5. The number of nitrogens with zero attached hydrogens (tertiary/aromatic N) is 5. The van der Waals surface area contributed by atoms with Gasteiger partial charge in [-0.2, -0.15) is 4.98 Å². The molecule has 1 aromatic carbocycles.